The SMILES string of the molecule is COc1cc(/C=C2/SC(=S)N(NC(=O)c3ccccc3OC)C2=O)ccc1OCCC(=O)O. The average molecular weight is 489 g/mol. The Kier molecular flexibility index (Phi) is 7.91. The molecule has 11 heteroatoms. The lowest BCUT2D eigenvalue weighted by Crippen LogP contribution is -2.44. The number of carboxylic acid groups (broad SMARTS) is 1. The Morgan fingerprint density at radius 1 is 1.12 bits per heavy atom. The van der Waals surface area contributed by atoms with Crippen LogP contribution in [0.2, 0.25) is 0 Å². The van der Waals surface area contributed by atoms with Gasteiger partial charge in [0.25, 0.3) is 11.8 Å². The standard InChI is InChI=1S/C22H20N2O7S2/c1-29-15-6-4-3-5-14(15)20(27)23-24-21(28)18(33-22(24)32)12-13-7-8-16(17(11-13)30-2)31-10-9-19(25)26/h3-8,11-12H,9-10H2,1-2H3,(H,23,27)(H,25,26)/b18-12+. The topological polar surface area (TPSA) is 114 Å². The summed E-state index contributed by atoms with van der Waals surface area (Å²) in [6, 6.07) is 11.6. The number of methoxy groups -OCH3 is 2. The molecular formula is C22H20N2O7S2. The minimum atomic E-state index is -0.967. The van der Waals surface area contributed by atoms with Crippen molar-refractivity contribution in [3.05, 3.63) is 58.5 Å². The van der Waals surface area contributed by atoms with Crippen molar-refractivity contribution in [1.82, 2.24) is 10.4 Å². The summed E-state index contributed by atoms with van der Waals surface area (Å²) in [7, 11) is 2.90. The van der Waals surface area contributed by atoms with E-state index in [0.717, 1.165) is 16.8 Å². The number of thioether (sulfide) groups is 1. The Hall–Kier alpha value is -3.57. The van der Waals surface area contributed by atoms with E-state index < -0.39 is 17.8 Å². The van der Waals surface area contributed by atoms with E-state index in [0.29, 0.717) is 27.7 Å². The Labute approximate surface area is 199 Å². The van der Waals surface area contributed by atoms with Gasteiger partial charge in [-0.05, 0) is 48.1 Å². The molecule has 0 unspecified atom stereocenters. The van der Waals surface area contributed by atoms with E-state index in [1.807, 2.05) is 0 Å². The highest BCUT2D eigenvalue weighted by Crippen LogP contribution is 2.34. The lowest BCUT2D eigenvalue weighted by molar-refractivity contribution is -0.137. The largest absolute Gasteiger partial charge is 0.496 e. The Morgan fingerprint density at radius 2 is 1.85 bits per heavy atom. The number of benzene rings is 2. The fourth-order valence-electron chi connectivity index (χ4n) is 2.85. The van der Waals surface area contributed by atoms with Crippen LogP contribution in [0, 0.1) is 0 Å². The van der Waals surface area contributed by atoms with E-state index in [2.05, 4.69) is 5.43 Å². The van der Waals surface area contributed by atoms with E-state index in [9.17, 15) is 14.4 Å². The van der Waals surface area contributed by atoms with Crippen LogP contribution in [0.5, 0.6) is 17.2 Å². The molecule has 1 heterocycles. The summed E-state index contributed by atoms with van der Waals surface area (Å²) < 4.78 is 16.1. The van der Waals surface area contributed by atoms with Crippen molar-refractivity contribution in [2.24, 2.45) is 0 Å². The first kappa shape index (κ1) is 24.1. The van der Waals surface area contributed by atoms with Gasteiger partial charge in [-0.15, -0.1) is 0 Å². The van der Waals surface area contributed by atoms with Crippen LogP contribution in [0.3, 0.4) is 0 Å². The summed E-state index contributed by atoms with van der Waals surface area (Å²) in [5.74, 6) is -0.843. The van der Waals surface area contributed by atoms with Gasteiger partial charge < -0.3 is 19.3 Å². The zero-order valence-electron chi connectivity index (χ0n) is 17.7. The summed E-state index contributed by atoms with van der Waals surface area (Å²) in [4.78, 5) is 36.5. The molecule has 2 amide bonds. The van der Waals surface area contributed by atoms with Crippen LogP contribution in [-0.2, 0) is 9.59 Å². The number of ether oxygens (including phenoxy) is 3. The summed E-state index contributed by atoms with van der Waals surface area (Å²) in [6.45, 7) is -0.00437. The van der Waals surface area contributed by atoms with Crippen LogP contribution in [0.4, 0.5) is 0 Å². The summed E-state index contributed by atoms with van der Waals surface area (Å²) in [5.41, 5.74) is 3.42. The zero-order valence-corrected chi connectivity index (χ0v) is 19.3. The Balaban J connectivity index is 1.75. The number of nitrogens with one attached hydrogen (secondary N) is 1. The maximum Gasteiger partial charge on any atom is 0.306 e. The second-order valence-electron chi connectivity index (χ2n) is 6.56. The number of carbonyl (C=O) groups is 3. The smallest absolute Gasteiger partial charge is 0.306 e. The molecule has 1 fully saturated rings. The highest BCUT2D eigenvalue weighted by atomic mass is 32.2. The number of thiocarbonyl (C=S) groups is 1. The molecule has 33 heavy (non-hydrogen) atoms. The predicted octanol–water partition coefficient (Wildman–Crippen LogP) is 3.10. The molecule has 0 bridgehead atoms. The molecule has 9 nitrogen and oxygen atoms in total. The molecule has 2 aromatic carbocycles. The molecule has 1 aliphatic rings. The predicted molar refractivity (Wildman–Crippen MR) is 126 cm³/mol. The van der Waals surface area contributed by atoms with Crippen LogP contribution in [0.1, 0.15) is 22.3 Å². The van der Waals surface area contributed by atoms with Gasteiger partial charge >= 0.3 is 5.97 Å². The number of rotatable bonds is 9. The second-order valence-corrected chi connectivity index (χ2v) is 8.24. The summed E-state index contributed by atoms with van der Waals surface area (Å²) >= 11 is 6.31. The van der Waals surface area contributed by atoms with Gasteiger partial charge in [0.1, 0.15) is 5.75 Å². The maximum absolute atomic E-state index is 12.9. The van der Waals surface area contributed by atoms with Crippen molar-refractivity contribution in [3.8, 4) is 17.2 Å². The number of para-hydroxylation sites is 1. The molecule has 0 aliphatic carbocycles. The highest BCUT2D eigenvalue weighted by molar-refractivity contribution is 8.26. The normalized spacial score (nSPS) is 14.4. The second kappa shape index (κ2) is 10.8. The van der Waals surface area contributed by atoms with Crippen molar-refractivity contribution in [2.45, 2.75) is 6.42 Å². The molecule has 2 aromatic rings. The minimum absolute atomic E-state index is 0.00437. The third kappa shape index (κ3) is 5.82. The molecule has 0 radical (unpaired) electrons. The molecule has 1 aliphatic heterocycles. The third-order valence-electron chi connectivity index (χ3n) is 4.42. The third-order valence-corrected chi connectivity index (χ3v) is 5.72. The van der Waals surface area contributed by atoms with Gasteiger partial charge in [-0.3, -0.25) is 19.8 Å². The van der Waals surface area contributed by atoms with Crippen molar-refractivity contribution in [2.75, 3.05) is 20.8 Å². The molecule has 172 valence electrons. The number of nitrogens with zero attached hydrogens (tertiary/aromatic N) is 1. The first-order valence-electron chi connectivity index (χ1n) is 9.58. The molecule has 0 aromatic heterocycles. The van der Waals surface area contributed by atoms with Crippen molar-refractivity contribution >= 4 is 52.2 Å². The number of carbonyl (C=O) groups excluding carboxylic acids is 2. The van der Waals surface area contributed by atoms with Crippen LogP contribution in [0.25, 0.3) is 6.08 Å². The fourth-order valence-corrected chi connectivity index (χ4v) is 4.03. The van der Waals surface area contributed by atoms with Crippen molar-refractivity contribution in [1.29, 1.82) is 0 Å². The van der Waals surface area contributed by atoms with Gasteiger partial charge in [0.05, 0.1) is 37.7 Å². The van der Waals surface area contributed by atoms with E-state index >= 15 is 0 Å². The van der Waals surface area contributed by atoms with E-state index in [1.165, 1.54) is 14.2 Å². The number of carboxylic acids is 1. The average Bonchev–Trinajstić information content (AvgIpc) is 3.06. The quantitative estimate of drug-likeness (QED) is 0.406. The molecule has 3 rings (SSSR count). The monoisotopic (exact) mass is 488 g/mol. The van der Waals surface area contributed by atoms with E-state index in [1.54, 1.807) is 48.5 Å². The molecular weight excluding hydrogens is 468 g/mol. The van der Waals surface area contributed by atoms with Gasteiger partial charge in [-0.25, -0.2) is 0 Å². The van der Waals surface area contributed by atoms with Crippen LogP contribution < -0.4 is 19.6 Å². The van der Waals surface area contributed by atoms with E-state index in [4.69, 9.17) is 31.5 Å². The van der Waals surface area contributed by atoms with Crippen LogP contribution >= 0.6 is 24.0 Å². The van der Waals surface area contributed by atoms with Crippen LogP contribution in [-0.4, -0.2) is 53.0 Å². The molecule has 0 spiro atoms. The van der Waals surface area contributed by atoms with Crippen molar-refractivity contribution in [3.63, 3.8) is 0 Å². The van der Waals surface area contributed by atoms with Gasteiger partial charge in [-0.2, -0.15) is 5.01 Å². The highest BCUT2D eigenvalue weighted by Gasteiger charge is 2.34. The lowest BCUT2D eigenvalue weighted by atomic mass is 10.2. The summed E-state index contributed by atoms with van der Waals surface area (Å²) in [6.07, 6.45) is 1.46. The first-order chi connectivity index (χ1) is 15.8. The minimum Gasteiger partial charge on any atom is -0.496 e. The number of hydrogen-bond acceptors (Lipinski definition) is 8. The first-order valence-corrected chi connectivity index (χ1v) is 10.8. The molecule has 0 saturated carbocycles. The number of hydrazine groups is 1. The molecule has 2 N–H and O–H groups in total. The fraction of sp³-hybridized carbons (Fsp3) is 0.182. The Bertz CT molecular complexity index is 1130. The van der Waals surface area contributed by atoms with Crippen molar-refractivity contribution < 1.29 is 33.7 Å². The van der Waals surface area contributed by atoms with Gasteiger partial charge in [0.15, 0.2) is 15.8 Å². The van der Waals surface area contributed by atoms with Crippen LogP contribution in [0.15, 0.2) is 47.4 Å². The van der Waals surface area contributed by atoms with Gasteiger partial charge in [0.2, 0.25) is 0 Å². The maximum atomic E-state index is 12.9. The molecule has 1 saturated heterocycles. The number of hydrogen-bond donors (Lipinski definition) is 2. The molecule has 0 atom stereocenters. The summed E-state index contributed by atoms with van der Waals surface area (Å²) in [5, 5.41) is 9.75. The van der Waals surface area contributed by atoms with Gasteiger partial charge in [-0.1, -0.05) is 30.0 Å². The Morgan fingerprint density at radius 3 is 2.55 bits per heavy atom. The lowest BCUT2D eigenvalue weighted by Gasteiger charge is -2.16. The number of amides is 2. The zero-order chi connectivity index (χ0) is 24.0. The van der Waals surface area contributed by atoms with Gasteiger partial charge in [0, 0.05) is 0 Å². The number of aliphatic carboxylic acids is 1. The van der Waals surface area contributed by atoms with E-state index in [-0.39, 0.29) is 22.9 Å².